The average Bonchev–Trinajstić information content (AvgIpc) is 3.26. The van der Waals surface area contributed by atoms with E-state index in [9.17, 15) is 9.59 Å². The number of methoxy groups -OCH3 is 1. The third kappa shape index (κ3) is 5.73. The third-order valence-corrected chi connectivity index (χ3v) is 5.75. The number of nitrogens with one attached hydrogen (secondary N) is 2. The number of nitrogens with zero attached hydrogens (tertiary/aromatic N) is 1. The van der Waals surface area contributed by atoms with Crippen LogP contribution in [0.15, 0.2) is 41.8 Å². The number of benzene rings is 1. The Bertz CT molecular complexity index is 771. The van der Waals surface area contributed by atoms with Crippen molar-refractivity contribution in [3.63, 3.8) is 0 Å². The smallest absolute Gasteiger partial charge is 0.261 e. The molecule has 1 saturated heterocycles. The molecule has 0 atom stereocenters. The molecule has 1 aromatic heterocycles. The summed E-state index contributed by atoms with van der Waals surface area (Å²) in [5, 5.41) is 8.28. The number of thiophene rings is 1. The number of ether oxygens (including phenoxy) is 1. The quantitative estimate of drug-likeness (QED) is 0.666. The van der Waals surface area contributed by atoms with Gasteiger partial charge in [-0.2, -0.15) is 0 Å². The second kappa shape index (κ2) is 10.1. The summed E-state index contributed by atoms with van der Waals surface area (Å²) in [5.41, 5.74) is 1.05. The minimum atomic E-state index is -0.0631. The lowest BCUT2D eigenvalue weighted by atomic mass is 10.0. The van der Waals surface area contributed by atoms with Gasteiger partial charge in [-0.3, -0.25) is 9.59 Å². The molecule has 6 nitrogen and oxygen atoms in total. The van der Waals surface area contributed by atoms with Crippen molar-refractivity contribution in [3.05, 3.63) is 46.7 Å². The van der Waals surface area contributed by atoms with Crippen molar-refractivity contribution in [3.8, 4) is 5.75 Å². The number of anilines is 1. The van der Waals surface area contributed by atoms with E-state index in [1.807, 2.05) is 40.6 Å². The summed E-state index contributed by atoms with van der Waals surface area (Å²) in [6.45, 7) is 2.06. The van der Waals surface area contributed by atoms with Crippen LogP contribution in [0.5, 0.6) is 5.75 Å². The van der Waals surface area contributed by atoms with Crippen LogP contribution in [-0.4, -0.2) is 49.5 Å². The second-order valence-corrected chi connectivity index (χ2v) is 7.82. The molecule has 2 N–H and O–H groups in total. The van der Waals surface area contributed by atoms with Crippen LogP contribution in [0.3, 0.4) is 0 Å². The van der Waals surface area contributed by atoms with E-state index in [4.69, 9.17) is 4.74 Å². The van der Waals surface area contributed by atoms with E-state index >= 15 is 0 Å². The van der Waals surface area contributed by atoms with Crippen LogP contribution in [-0.2, 0) is 4.79 Å². The van der Waals surface area contributed by atoms with Crippen LogP contribution < -0.4 is 15.4 Å². The topological polar surface area (TPSA) is 70.7 Å². The zero-order chi connectivity index (χ0) is 19.8. The minimum Gasteiger partial charge on any atom is -0.497 e. The molecule has 1 fully saturated rings. The van der Waals surface area contributed by atoms with Gasteiger partial charge in [-0.15, -0.1) is 11.3 Å². The number of carbonyl (C=O) groups excluding carboxylic acids is 2. The normalized spacial score (nSPS) is 14.5. The minimum absolute atomic E-state index is 0.0631. The second-order valence-electron chi connectivity index (χ2n) is 6.87. The van der Waals surface area contributed by atoms with Crippen molar-refractivity contribution in [2.75, 3.05) is 32.1 Å². The fraction of sp³-hybridized carbons (Fsp3) is 0.429. The molecule has 0 saturated carbocycles. The zero-order valence-electron chi connectivity index (χ0n) is 16.1. The van der Waals surface area contributed by atoms with E-state index in [1.54, 1.807) is 13.2 Å². The molecule has 2 amide bonds. The van der Waals surface area contributed by atoms with Gasteiger partial charge in [0.2, 0.25) is 5.91 Å². The largest absolute Gasteiger partial charge is 0.497 e. The highest BCUT2D eigenvalue weighted by Gasteiger charge is 2.22. The Morgan fingerprint density at radius 2 is 2.04 bits per heavy atom. The Labute approximate surface area is 169 Å². The van der Waals surface area contributed by atoms with Gasteiger partial charge in [0, 0.05) is 43.9 Å². The van der Waals surface area contributed by atoms with Crippen molar-refractivity contribution < 1.29 is 14.3 Å². The van der Waals surface area contributed by atoms with Crippen LogP contribution in [0.2, 0.25) is 0 Å². The number of carbonyl (C=O) groups is 2. The number of rotatable bonds is 8. The van der Waals surface area contributed by atoms with E-state index in [-0.39, 0.29) is 11.8 Å². The van der Waals surface area contributed by atoms with Crippen molar-refractivity contribution in [1.29, 1.82) is 0 Å². The summed E-state index contributed by atoms with van der Waals surface area (Å²) in [5.74, 6) is 0.945. The average molecular weight is 402 g/mol. The summed E-state index contributed by atoms with van der Waals surface area (Å²) in [4.78, 5) is 26.9. The van der Waals surface area contributed by atoms with Crippen LogP contribution in [0, 0.1) is 0 Å². The molecule has 7 heteroatoms. The third-order valence-electron chi connectivity index (χ3n) is 4.89. The Balaban J connectivity index is 1.33. The van der Waals surface area contributed by atoms with Gasteiger partial charge in [0.1, 0.15) is 5.75 Å². The first-order valence-corrected chi connectivity index (χ1v) is 10.5. The van der Waals surface area contributed by atoms with E-state index in [1.165, 1.54) is 11.3 Å². The molecule has 0 bridgehead atoms. The first-order chi connectivity index (χ1) is 13.7. The van der Waals surface area contributed by atoms with Gasteiger partial charge in [-0.1, -0.05) is 12.1 Å². The number of likely N-dealkylation sites (tertiary alicyclic amines) is 1. The molecule has 28 heavy (non-hydrogen) atoms. The molecule has 3 rings (SSSR count). The SMILES string of the molecule is COc1cccc(NC2CCN(C(=O)CCCNC(=O)c3cccs3)CC2)c1. The van der Waals surface area contributed by atoms with Crippen molar-refractivity contribution >= 4 is 28.8 Å². The Morgan fingerprint density at radius 3 is 2.75 bits per heavy atom. The van der Waals surface area contributed by atoms with E-state index in [2.05, 4.69) is 10.6 Å². The van der Waals surface area contributed by atoms with Gasteiger partial charge in [0.25, 0.3) is 5.91 Å². The number of hydrogen-bond donors (Lipinski definition) is 2. The maximum absolute atomic E-state index is 12.4. The van der Waals surface area contributed by atoms with Crippen LogP contribution >= 0.6 is 11.3 Å². The summed E-state index contributed by atoms with van der Waals surface area (Å²) in [6.07, 6.45) is 2.99. The van der Waals surface area contributed by atoms with E-state index in [0.29, 0.717) is 30.3 Å². The monoisotopic (exact) mass is 401 g/mol. The Hall–Kier alpha value is -2.54. The van der Waals surface area contributed by atoms with Crippen LogP contribution in [0.4, 0.5) is 5.69 Å². The predicted octanol–water partition coefficient (Wildman–Crippen LogP) is 3.37. The fourth-order valence-corrected chi connectivity index (χ4v) is 3.96. The maximum atomic E-state index is 12.4. The van der Waals surface area contributed by atoms with Gasteiger partial charge in [-0.05, 0) is 42.8 Å². The lowest BCUT2D eigenvalue weighted by molar-refractivity contribution is -0.132. The van der Waals surface area contributed by atoms with Crippen molar-refractivity contribution in [2.45, 2.75) is 31.7 Å². The highest BCUT2D eigenvalue weighted by molar-refractivity contribution is 7.12. The molecule has 0 radical (unpaired) electrons. The van der Waals surface area contributed by atoms with Gasteiger partial charge < -0.3 is 20.3 Å². The summed E-state index contributed by atoms with van der Waals surface area (Å²) < 4.78 is 5.26. The standard InChI is InChI=1S/C21H27N3O3S/c1-27-18-6-2-5-17(15-18)23-16-9-12-24(13-10-16)20(25)8-3-11-22-21(26)19-7-4-14-28-19/h2,4-7,14-16,23H,3,8-13H2,1H3,(H,22,26). The lowest BCUT2D eigenvalue weighted by Gasteiger charge is -2.33. The molecule has 1 aromatic carbocycles. The molecule has 1 aliphatic heterocycles. The zero-order valence-corrected chi connectivity index (χ0v) is 17.0. The number of piperidine rings is 1. The fourth-order valence-electron chi connectivity index (χ4n) is 3.32. The molecule has 2 aromatic rings. The molecule has 1 aliphatic rings. The highest BCUT2D eigenvalue weighted by Crippen LogP contribution is 2.21. The van der Waals surface area contributed by atoms with Gasteiger partial charge in [-0.25, -0.2) is 0 Å². The van der Waals surface area contributed by atoms with E-state index in [0.717, 1.165) is 37.4 Å². The Kier molecular flexibility index (Phi) is 7.31. The molecular formula is C21H27N3O3S. The number of amides is 2. The Morgan fingerprint density at radius 1 is 1.21 bits per heavy atom. The lowest BCUT2D eigenvalue weighted by Crippen LogP contribution is -2.42. The summed E-state index contributed by atoms with van der Waals surface area (Å²) >= 11 is 1.42. The van der Waals surface area contributed by atoms with Gasteiger partial charge in [0.05, 0.1) is 12.0 Å². The molecule has 0 aliphatic carbocycles. The summed E-state index contributed by atoms with van der Waals surface area (Å²) in [7, 11) is 1.66. The molecule has 150 valence electrons. The van der Waals surface area contributed by atoms with Gasteiger partial charge >= 0.3 is 0 Å². The first-order valence-electron chi connectivity index (χ1n) is 9.66. The van der Waals surface area contributed by atoms with Crippen LogP contribution in [0.25, 0.3) is 0 Å². The number of hydrogen-bond acceptors (Lipinski definition) is 5. The van der Waals surface area contributed by atoms with Crippen molar-refractivity contribution in [2.24, 2.45) is 0 Å². The summed E-state index contributed by atoms with van der Waals surface area (Å²) in [6, 6.07) is 11.9. The van der Waals surface area contributed by atoms with Crippen LogP contribution in [0.1, 0.15) is 35.4 Å². The molecular weight excluding hydrogens is 374 g/mol. The van der Waals surface area contributed by atoms with E-state index < -0.39 is 0 Å². The van der Waals surface area contributed by atoms with Crippen molar-refractivity contribution in [1.82, 2.24) is 10.2 Å². The highest BCUT2D eigenvalue weighted by atomic mass is 32.1. The van der Waals surface area contributed by atoms with Gasteiger partial charge in [0.15, 0.2) is 0 Å². The predicted molar refractivity (Wildman–Crippen MR) is 112 cm³/mol. The maximum Gasteiger partial charge on any atom is 0.261 e. The first kappa shape index (κ1) is 20.2. The molecule has 0 spiro atoms. The molecule has 2 heterocycles. The molecule has 0 unspecified atom stereocenters.